The van der Waals surface area contributed by atoms with Crippen LogP contribution in [0.25, 0.3) is 0 Å². The van der Waals surface area contributed by atoms with Crippen LogP contribution in [-0.4, -0.2) is 11.2 Å². The third-order valence-corrected chi connectivity index (χ3v) is 1.62. The van der Waals surface area contributed by atoms with Gasteiger partial charge in [-0.3, -0.25) is 0 Å². The number of hydrogen-bond acceptors (Lipinski definition) is 1. The molecular weight excluding hydrogens is 140 g/mol. The first-order chi connectivity index (χ1) is 5.24. The Labute approximate surface area is 67.2 Å². The number of aryl methyl sites for hydroxylation is 1. The molecule has 3 nitrogen and oxygen atoms in total. The maximum absolute atomic E-state index is 5.39. The van der Waals surface area contributed by atoms with Crippen molar-refractivity contribution in [3.05, 3.63) is 18.7 Å². The van der Waals surface area contributed by atoms with Crippen LogP contribution in [0.5, 0.6) is 0 Å². The molecule has 0 saturated heterocycles. The third kappa shape index (κ3) is 2.05. The highest BCUT2D eigenvalue weighted by atomic mass is 16.5. The summed E-state index contributed by atoms with van der Waals surface area (Å²) in [5.41, 5.74) is 0. The average molecular weight is 155 g/mol. The van der Waals surface area contributed by atoms with Crippen molar-refractivity contribution in [2.45, 2.75) is 20.1 Å². The molecule has 1 aromatic rings. The highest BCUT2D eigenvalue weighted by Gasteiger charge is 2.08. The van der Waals surface area contributed by atoms with Gasteiger partial charge in [0.25, 0.3) is 0 Å². The molecule has 0 amide bonds. The monoisotopic (exact) mass is 155 g/mol. The maximum Gasteiger partial charge on any atom is 0.245 e. The molecule has 3 heteroatoms. The highest BCUT2D eigenvalue weighted by Crippen LogP contribution is 2.03. The van der Waals surface area contributed by atoms with Crippen molar-refractivity contribution >= 4 is 0 Å². The Morgan fingerprint density at radius 1 is 1.64 bits per heavy atom. The molecule has 0 spiro atoms. The topological polar surface area (TPSA) is 18.0 Å². The predicted octanol–water partition coefficient (Wildman–Crippen LogP) is 0.868. The van der Waals surface area contributed by atoms with Gasteiger partial charge in [0, 0.05) is 13.5 Å². The largest absolute Gasteiger partial charge is 0.340 e. The van der Waals surface area contributed by atoms with E-state index in [1.54, 1.807) is 0 Å². The number of imidazole rings is 1. The molecule has 1 atom stereocenters. The molecular formula is C8H15N2O+. The first kappa shape index (κ1) is 8.27. The molecule has 1 heterocycles. The van der Waals surface area contributed by atoms with Crippen molar-refractivity contribution in [1.82, 2.24) is 4.57 Å². The number of rotatable bonds is 3. The van der Waals surface area contributed by atoms with E-state index in [9.17, 15) is 0 Å². The van der Waals surface area contributed by atoms with Gasteiger partial charge in [0.2, 0.25) is 6.33 Å². The summed E-state index contributed by atoms with van der Waals surface area (Å²) in [6.07, 6.45) is 6.14. The van der Waals surface area contributed by atoms with E-state index in [0.29, 0.717) is 0 Å². The van der Waals surface area contributed by atoms with Crippen LogP contribution in [0.2, 0.25) is 0 Å². The second-order valence-corrected chi connectivity index (χ2v) is 2.58. The molecule has 0 aliphatic carbocycles. The van der Waals surface area contributed by atoms with Crippen LogP contribution in [0.1, 0.15) is 20.1 Å². The van der Waals surface area contributed by atoms with Crippen LogP contribution in [0.15, 0.2) is 18.7 Å². The summed E-state index contributed by atoms with van der Waals surface area (Å²) in [7, 11) is 2.00. The van der Waals surface area contributed by atoms with E-state index in [1.165, 1.54) is 0 Å². The zero-order valence-corrected chi connectivity index (χ0v) is 7.32. The lowest BCUT2D eigenvalue weighted by molar-refractivity contribution is -0.671. The summed E-state index contributed by atoms with van der Waals surface area (Å²) < 4.78 is 9.42. The van der Waals surface area contributed by atoms with E-state index in [2.05, 4.69) is 0 Å². The van der Waals surface area contributed by atoms with Gasteiger partial charge in [-0.2, -0.15) is 0 Å². The predicted molar refractivity (Wildman–Crippen MR) is 41.9 cm³/mol. The summed E-state index contributed by atoms with van der Waals surface area (Å²) in [6, 6.07) is 0. The number of hydrogen-bond donors (Lipinski definition) is 0. The van der Waals surface area contributed by atoms with E-state index in [0.717, 1.165) is 6.61 Å². The fourth-order valence-corrected chi connectivity index (χ4v) is 1.01. The Morgan fingerprint density at radius 2 is 2.36 bits per heavy atom. The molecule has 0 aliphatic heterocycles. The molecule has 62 valence electrons. The van der Waals surface area contributed by atoms with E-state index in [-0.39, 0.29) is 6.23 Å². The second-order valence-electron chi connectivity index (χ2n) is 2.58. The van der Waals surface area contributed by atoms with Crippen LogP contribution < -0.4 is 4.57 Å². The Morgan fingerprint density at radius 3 is 2.82 bits per heavy atom. The number of ether oxygens (including phenoxy) is 1. The summed E-state index contributed by atoms with van der Waals surface area (Å²) in [5.74, 6) is 0. The van der Waals surface area contributed by atoms with Gasteiger partial charge in [-0.1, -0.05) is 0 Å². The van der Waals surface area contributed by atoms with E-state index < -0.39 is 0 Å². The van der Waals surface area contributed by atoms with Crippen molar-refractivity contribution in [1.29, 1.82) is 0 Å². The maximum atomic E-state index is 5.39. The zero-order valence-electron chi connectivity index (χ0n) is 7.32. The fraction of sp³-hybridized carbons (Fsp3) is 0.625. The van der Waals surface area contributed by atoms with Crippen LogP contribution in [-0.2, 0) is 11.8 Å². The second kappa shape index (κ2) is 3.53. The standard InChI is InChI=1S/C8H15N2O/c1-4-11-8(2)10-6-5-9(3)7-10/h5-8H,4H2,1-3H3/q+1. The molecule has 0 aliphatic rings. The van der Waals surface area contributed by atoms with Gasteiger partial charge in [-0.25, -0.2) is 9.13 Å². The van der Waals surface area contributed by atoms with Gasteiger partial charge in [0.15, 0.2) is 6.23 Å². The van der Waals surface area contributed by atoms with Crippen molar-refractivity contribution in [3.63, 3.8) is 0 Å². The lowest BCUT2D eigenvalue weighted by atomic mass is 10.6. The Bertz CT molecular complexity index is 220. The van der Waals surface area contributed by atoms with Gasteiger partial charge >= 0.3 is 0 Å². The van der Waals surface area contributed by atoms with Crippen molar-refractivity contribution in [2.75, 3.05) is 6.61 Å². The zero-order chi connectivity index (χ0) is 8.27. The van der Waals surface area contributed by atoms with Crippen molar-refractivity contribution in [3.8, 4) is 0 Å². The molecule has 0 fully saturated rings. The molecule has 0 radical (unpaired) electrons. The van der Waals surface area contributed by atoms with E-state index >= 15 is 0 Å². The Kier molecular flexibility index (Phi) is 2.65. The number of nitrogens with zero attached hydrogens (tertiary/aromatic N) is 2. The first-order valence-corrected chi connectivity index (χ1v) is 3.88. The molecule has 1 rings (SSSR count). The molecule has 0 bridgehead atoms. The molecule has 1 unspecified atom stereocenters. The van der Waals surface area contributed by atoms with Gasteiger partial charge in [-0.15, -0.1) is 0 Å². The van der Waals surface area contributed by atoms with Crippen LogP contribution in [0.4, 0.5) is 0 Å². The van der Waals surface area contributed by atoms with E-state index in [4.69, 9.17) is 4.74 Å². The normalized spacial score (nSPS) is 13.4. The number of aromatic nitrogens is 2. The minimum Gasteiger partial charge on any atom is -0.340 e. The smallest absolute Gasteiger partial charge is 0.245 e. The SMILES string of the molecule is CCOC(C)n1cc[n+](C)c1. The fourth-order valence-electron chi connectivity index (χ4n) is 1.01. The first-order valence-electron chi connectivity index (χ1n) is 3.88. The molecule has 0 aromatic carbocycles. The summed E-state index contributed by atoms with van der Waals surface area (Å²) in [6.45, 7) is 4.78. The molecule has 0 N–H and O–H groups in total. The molecule has 11 heavy (non-hydrogen) atoms. The average Bonchev–Trinajstić information content (AvgIpc) is 2.36. The summed E-state index contributed by atoms with van der Waals surface area (Å²) in [4.78, 5) is 0. The van der Waals surface area contributed by atoms with E-state index in [1.807, 2.05) is 48.8 Å². The highest BCUT2D eigenvalue weighted by molar-refractivity contribution is 4.67. The van der Waals surface area contributed by atoms with Crippen LogP contribution in [0, 0.1) is 0 Å². The Balaban J connectivity index is 2.60. The van der Waals surface area contributed by atoms with Crippen LogP contribution >= 0.6 is 0 Å². The lowest BCUT2D eigenvalue weighted by Crippen LogP contribution is -2.24. The Hall–Kier alpha value is -0.830. The summed E-state index contributed by atoms with van der Waals surface area (Å²) in [5, 5.41) is 0. The van der Waals surface area contributed by atoms with Gasteiger partial charge in [0.05, 0.1) is 7.05 Å². The van der Waals surface area contributed by atoms with Crippen molar-refractivity contribution in [2.24, 2.45) is 7.05 Å². The third-order valence-electron chi connectivity index (χ3n) is 1.62. The minimum atomic E-state index is 0.140. The van der Waals surface area contributed by atoms with Gasteiger partial charge in [0.1, 0.15) is 12.4 Å². The van der Waals surface area contributed by atoms with Crippen molar-refractivity contribution < 1.29 is 9.30 Å². The summed E-state index contributed by atoms with van der Waals surface area (Å²) >= 11 is 0. The quantitative estimate of drug-likeness (QED) is 0.592. The van der Waals surface area contributed by atoms with Crippen LogP contribution in [0.3, 0.4) is 0 Å². The van der Waals surface area contributed by atoms with Gasteiger partial charge < -0.3 is 4.74 Å². The lowest BCUT2D eigenvalue weighted by Gasteiger charge is -2.06. The minimum absolute atomic E-state index is 0.140. The molecule has 0 saturated carbocycles. The molecule has 1 aromatic heterocycles. The van der Waals surface area contributed by atoms with Gasteiger partial charge in [-0.05, 0) is 6.92 Å².